The molecular formula is C11H13N3. The molecule has 1 N–H and O–H groups in total. The fourth-order valence-corrected chi connectivity index (χ4v) is 1.40. The van der Waals surface area contributed by atoms with E-state index in [1.54, 1.807) is 6.20 Å². The maximum Gasteiger partial charge on any atom is 0.135 e. The van der Waals surface area contributed by atoms with E-state index in [0.29, 0.717) is 6.04 Å². The highest BCUT2D eigenvalue weighted by Crippen LogP contribution is 2.19. The molecule has 72 valence electrons. The Labute approximate surface area is 83.2 Å². The minimum atomic E-state index is 0.383. The number of pyridine rings is 2. The summed E-state index contributed by atoms with van der Waals surface area (Å²) in [4.78, 5) is 8.40. The highest BCUT2D eigenvalue weighted by atomic mass is 15.0. The molecule has 3 heteroatoms. The van der Waals surface area contributed by atoms with E-state index in [9.17, 15) is 0 Å². The zero-order valence-electron chi connectivity index (χ0n) is 8.36. The summed E-state index contributed by atoms with van der Waals surface area (Å²) in [6.45, 7) is 4.19. The fourth-order valence-electron chi connectivity index (χ4n) is 1.40. The Bertz CT molecular complexity index is 432. The Kier molecular flexibility index (Phi) is 2.31. The van der Waals surface area contributed by atoms with Gasteiger partial charge in [-0.2, -0.15) is 0 Å². The van der Waals surface area contributed by atoms with Gasteiger partial charge in [0.05, 0.1) is 0 Å². The molecule has 0 bridgehead atoms. The summed E-state index contributed by atoms with van der Waals surface area (Å²) >= 11 is 0. The van der Waals surface area contributed by atoms with Gasteiger partial charge in [-0.3, -0.25) is 4.98 Å². The number of fused-ring (bicyclic) bond motifs is 1. The maximum absolute atomic E-state index is 4.30. The predicted molar refractivity (Wildman–Crippen MR) is 58.3 cm³/mol. The second kappa shape index (κ2) is 3.62. The van der Waals surface area contributed by atoms with Gasteiger partial charge in [-0.15, -0.1) is 0 Å². The Hall–Kier alpha value is -1.64. The van der Waals surface area contributed by atoms with Gasteiger partial charge in [0.25, 0.3) is 0 Å². The number of aromatic nitrogens is 2. The molecule has 0 amide bonds. The van der Waals surface area contributed by atoms with Crippen molar-refractivity contribution in [3.05, 3.63) is 30.7 Å². The van der Waals surface area contributed by atoms with Crippen LogP contribution in [0.1, 0.15) is 13.8 Å². The molecule has 0 radical (unpaired) electrons. The minimum absolute atomic E-state index is 0.383. The van der Waals surface area contributed by atoms with Gasteiger partial charge >= 0.3 is 0 Å². The van der Waals surface area contributed by atoms with E-state index in [1.807, 2.05) is 24.5 Å². The average molecular weight is 187 g/mol. The molecule has 0 aromatic carbocycles. The summed E-state index contributed by atoms with van der Waals surface area (Å²) in [6.07, 6.45) is 5.45. The van der Waals surface area contributed by atoms with Crippen LogP contribution in [0, 0.1) is 0 Å². The lowest BCUT2D eigenvalue weighted by atomic mass is 10.2. The Balaban J connectivity index is 2.53. The van der Waals surface area contributed by atoms with Gasteiger partial charge in [0.15, 0.2) is 0 Å². The van der Waals surface area contributed by atoms with Crippen LogP contribution in [0.25, 0.3) is 10.8 Å². The van der Waals surface area contributed by atoms with Crippen LogP contribution in [-0.4, -0.2) is 16.0 Å². The highest BCUT2D eigenvalue weighted by molar-refractivity contribution is 5.90. The Morgan fingerprint density at radius 1 is 1.21 bits per heavy atom. The largest absolute Gasteiger partial charge is 0.367 e. The third-order valence-electron chi connectivity index (χ3n) is 1.99. The van der Waals surface area contributed by atoms with Gasteiger partial charge in [0, 0.05) is 30.0 Å². The van der Waals surface area contributed by atoms with Crippen molar-refractivity contribution in [3.8, 4) is 0 Å². The molecule has 2 aromatic heterocycles. The van der Waals surface area contributed by atoms with E-state index >= 15 is 0 Å². The van der Waals surface area contributed by atoms with E-state index in [2.05, 4.69) is 29.1 Å². The SMILES string of the molecule is CC(C)Nc1nccc2ccncc12. The first-order chi connectivity index (χ1) is 6.77. The molecule has 14 heavy (non-hydrogen) atoms. The van der Waals surface area contributed by atoms with Gasteiger partial charge in [-0.05, 0) is 31.4 Å². The minimum Gasteiger partial charge on any atom is -0.367 e. The van der Waals surface area contributed by atoms with Crippen molar-refractivity contribution in [1.82, 2.24) is 9.97 Å². The van der Waals surface area contributed by atoms with Crippen LogP contribution in [0.2, 0.25) is 0 Å². The molecule has 2 heterocycles. The van der Waals surface area contributed by atoms with Gasteiger partial charge in [0.2, 0.25) is 0 Å². The molecule has 0 spiro atoms. The van der Waals surface area contributed by atoms with Crippen LogP contribution >= 0.6 is 0 Å². The molecule has 2 aromatic rings. The predicted octanol–water partition coefficient (Wildman–Crippen LogP) is 2.45. The number of rotatable bonds is 2. The lowest BCUT2D eigenvalue weighted by Gasteiger charge is -2.10. The van der Waals surface area contributed by atoms with Gasteiger partial charge < -0.3 is 5.32 Å². The molecule has 0 fully saturated rings. The van der Waals surface area contributed by atoms with Crippen LogP contribution in [0.4, 0.5) is 5.82 Å². The molecule has 3 nitrogen and oxygen atoms in total. The molecule has 2 rings (SSSR count). The summed E-state index contributed by atoms with van der Waals surface area (Å²) in [5, 5.41) is 5.53. The van der Waals surface area contributed by atoms with E-state index in [-0.39, 0.29) is 0 Å². The second-order valence-electron chi connectivity index (χ2n) is 3.56. The van der Waals surface area contributed by atoms with Crippen molar-refractivity contribution in [2.75, 3.05) is 5.32 Å². The monoisotopic (exact) mass is 187 g/mol. The van der Waals surface area contributed by atoms with Crippen molar-refractivity contribution in [2.24, 2.45) is 0 Å². The number of hydrogen-bond acceptors (Lipinski definition) is 3. The second-order valence-corrected chi connectivity index (χ2v) is 3.56. The van der Waals surface area contributed by atoms with Crippen LogP contribution in [-0.2, 0) is 0 Å². The quantitative estimate of drug-likeness (QED) is 0.784. The molecule has 0 atom stereocenters. The molecule has 0 aliphatic rings. The van der Waals surface area contributed by atoms with Crippen molar-refractivity contribution >= 4 is 16.6 Å². The van der Waals surface area contributed by atoms with Crippen molar-refractivity contribution in [1.29, 1.82) is 0 Å². The van der Waals surface area contributed by atoms with E-state index < -0.39 is 0 Å². The summed E-state index contributed by atoms with van der Waals surface area (Å²) in [7, 11) is 0. The lowest BCUT2D eigenvalue weighted by molar-refractivity contribution is 0.892. The number of nitrogens with zero attached hydrogens (tertiary/aromatic N) is 2. The zero-order chi connectivity index (χ0) is 9.97. The summed E-state index contributed by atoms with van der Waals surface area (Å²) in [5.41, 5.74) is 0. The van der Waals surface area contributed by atoms with Gasteiger partial charge in [0.1, 0.15) is 5.82 Å². The van der Waals surface area contributed by atoms with Crippen molar-refractivity contribution in [3.63, 3.8) is 0 Å². The molecule has 0 aliphatic heterocycles. The molecular weight excluding hydrogens is 174 g/mol. The van der Waals surface area contributed by atoms with E-state index in [0.717, 1.165) is 16.6 Å². The first-order valence-electron chi connectivity index (χ1n) is 4.72. The topological polar surface area (TPSA) is 37.8 Å². The van der Waals surface area contributed by atoms with E-state index in [1.165, 1.54) is 0 Å². The standard InChI is InChI=1S/C11H13N3/c1-8(2)14-11-10-7-12-5-3-9(10)4-6-13-11/h3-8H,1-2H3,(H,13,14). The van der Waals surface area contributed by atoms with E-state index in [4.69, 9.17) is 0 Å². The van der Waals surface area contributed by atoms with Gasteiger partial charge in [-0.1, -0.05) is 0 Å². The molecule has 0 aliphatic carbocycles. The van der Waals surface area contributed by atoms with Crippen molar-refractivity contribution < 1.29 is 0 Å². The summed E-state index contributed by atoms with van der Waals surface area (Å²) < 4.78 is 0. The number of anilines is 1. The van der Waals surface area contributed by atoms with Gasteiger partial charge in [-0.25, -0.2) is 4.98 Å². The van der Waals surface area contributed by atoms with Crippen LogP contribution in [0.3, 0.4) is 0 Å². The number of hydrogen-bond donors (Lipinski definition) is 1. The van der Waals surface area contributed by atoms with Crippen LogP contribution in [0.15, 0.2) is 30.7 Å². The normalized spacial score (nSPS) is 10.8. The number of nitrogens with one attached hydrogen (secondary N) is 1. The lowest BCUT2D eigenvalue weighted by Crippen LogP contribution is -2.11. The molecule has 0 unspecified atom stereocenters. The average Bonchev–Trinajstić information content (AvgIpc) is 2.18. The van der Waals surface area contributed by atoms with Crippen LogP contribution in [0.5, 0.6) is 0 Å². The Morgan fingerprint density at radius 3 is 2.79 bits per heavy atom. The summed E-state index contributed by atoms with van der Waals surface area (Å²) in [6, 6.07) is 4.36. The maximum atomic E-state index is 4.30. The molecule has 0 saturated carbocycles. The summed E-state index contributed by atoms with van der Waals surface area (Å²) in [5.74, 6) is 0.908. The first kappa shape index (κ1) is 8.94. The third kappa shape index (κ3) is 1.66. The third-order valence-corrected chi connectivity index (χ3v) is 1.99. The fraction of sp³-hybridized carbons (Fsp3) is 0.273. The Morgan fingerprint density at radius 2 is 2.00 bits per heavy atom. The molecule has 0 saturated heterocycles. The van der Waals surface area contributed by atoms with Crippen molar-refractivity contribution in [2.45, 2.75) is 19.9 Å². The smallest absolute Gasteiger partial charge is 0.135 e. The first-order valence-corrected chi connectivity index (χ1v) is 4.72. The highest BCUT2D eigenvalue weighted by Gasteiger charge is 2.02. The van der Waals surface area contributed by atoms with Crippen LogP contribution < -0.4 is 5.32 Å². The zero-order valence-corrected chi connectivity index (χ0v) is 8.36.